The van der Waals surface area contributed by atoms with Gasteiger partial charge in [-0.25, -0.2) is 9.78 Å². The van der Waals surface area contributed by atoms with Crippen molar-refractivity contribution in [1.29, 1.82) is 0 Å². The standard InChI is InChI=1S/C11H9N3O2S/c1-16-11-14-9(5-17-11)6-2-3-7-8(4-6)13-10(15)12-7/h2-5H,1H3,(H2,12,13,15). The average Bonchev–Trinajstić information content (AvgIpc) is 2.92. The predicted molar refractivity (Wildman–Crippen MR) is 66.6 cm³/mol. The van der Waals surface area contributed by atoms with E-state index in [1.165, 1.54) is 11.3 Å². The lowest BCUT2D eigenvalue weighted by Crippen LogP contribution is -1.99. The van der Waals surface area contributed by atoms with Crippen LogP contribution in [0.2, 0.25) is 0 Å². The van der Waals surface area contributed by atoms with E-state index in [1.807, 2.05) is 23.6 Å². The molecule has 2 N–H and O–H groups in total. The lowest BCUT2D eigenvalue weighted by molar-refractivity contribution is 0.412. The minimum atomic E-state index is -0.201. The van der Waals surface area contributed by atoms with Gasteiger partial charge in [-0.15, -0.1) is 0 Å². The van der Waals surface area contributed by atoms with Crippen LogP contribution in [0.25, 0.3) is 22.3 Å². The monoisotopic (exact) mass is 247 g/mol. The highest BCUT2D eigenvalue weighted by Gasteiger charge is 2.06. The van der Waals surface area contributed by atoms with Crippen molar-refractivity contribution in [2.24, 2.45) is 0 Å². The van der Waals surface area contributed by atoms with Crippen molar-refractivity contribution in [3.05, 3.63) is 34.1 Å². The maximum atomic E-state index is 11.1. The topological polar surface area (TPSA) is 70.8 Å². The van der Waals surface area contributed by atoms with Crippen LogP contribution >= 0.6 is 11.3 Å². The van der Waals surface area contributed by atoms with Gasteiger partial charge in [0.15, 0.2) is 0 Å². The van der Waals surface area contributed by atoms with Gasteiger partial charge in [-0.3, -0.25) is 0 Å². The molecule has 2 aromatic heterocycles. The quantitative estimate of drug-likeness (QED) is 0.727. The van der Waals surface area contributed by atoms with Crippen LogP contribution in [0.15, 0.2) is 28.4 Å². The molecule has 17 heavy (non-hydrogen) atoms. The van der Waals surface area contributed by atoms with E-state index in [0.717, 1.165) is 22.3 Å². The fourth-order valence-corrected chi connectivity index (χ4v) is 2.32. The number of thiazole rings is 1. The summed E-state index contributed by atoms with van der Waals surface area (Å²) < 4.78 is 5.05. The third-order valence-electron chi connectivity index (χ3n) is 2.47. The molecule has 2 heterocycles. The molecule has 0 radical (unpaired) electrons. The lowest BCUT2D eigenvalue weighted by Gasteiger charge is -1.96. The van der Waals surface area contributed by atoms with Crippen molar-refractivity contribution in [1.82, 2.24) is 15.0 Å². The number of hydrogen-bond donors (Lipinski definition) is 2. The highest BCUT2D eigenvalue weighted by atomic mass is 32.1. The summed E-state index contributed by atoms with van der Waals surface area (Å²) in [4.78, 5) is 20.9. The van der Waals surface area contributed by atoms with Crippen LogP contribution in [0.4, 0.5) is 0 Å². The summed E-state index contributed by atoms with van der Waals surface area (Å²) in [7, 11) is 1.59. The van der Waals surface area contributed by atoms with E-state index in [1.54, 1.807) is 7.11 Å². The summed E-state index contributed by atoms with van der Waals surface area (Å²) in [5.74, 6) is 0. The molecule has 0 saturated carbocycles. The Morgan fingerprint density at radius 2 is 2.12 bits per heavy atom. The molecule has 0 fully saturated rings. The first kappa shape index (κ1) is 10.1. The third-order valence-corrected chi connectivity index (χ3v) is 3.27. The number of ether oxygens (including phenoxy) is 1. The highest BCUT2D eigenvalue weighted by Crippen LogP contribution is 2.27. The van der Waals surface area contributed by atoms with Gasteiger partial charge in [0.25, 0.3) is 5.19 Å². The van der Waals surface area contributed by atoms with Crippen LogP contribution in [0.3, 0.4) is 0 Å². The molecule has 3 rings (SSSR count). The van der Waals surface area contributed by atoms with E-state index in [9.17, 15) is 4.79 Å². The van der Waals surface area contributed by atoms with Gasteiger partial charge >= 0.3 is 5.69 Å². The SMILES string of the molecule is COc1nc(-c2ccc3[nH]c(=O)[nH]c3c2)cs1. The number of imidazole rings is 1. The third kappa shape index (κ3) is 1.72. The first-order valence-electron chi connectivity index (χ1n) is 4.98. The number of aromatic nitrogens is 3. The maximum absolute atomic E-state index is 11.1. The summed E-state index contributed by atoms with van der Waals surface area (Å²) in [5, 5.41) is 2.55. The minimum absolute atomic E-state index is 0.201. The Labute approximate surface area is 100 Å². The zero-order valence-electron chi connectivity index (χ0n) is 8.98. The van der Waals surface area contributed by atoms with Gasteiger partial charge in [-0.2, -0.15) is 0 Å². The van der Waals surface area contributed by atoms with Crippen molar-refractivity contribution in [2.45, 2.75) is 0 Å². The number of methoxy groups -OCH3 is 1. The average molecular weight is 247 g/mol. The molecule has 0 spiro atoms. The summed E-state index contributed by atoms with van der Waals surface area (Å²) in [6, 6.07) is 5.66. The molecule has 3 aromatic rings. The Morgan fingerprint density at radius 1 is 1.29 bits per heavy atom. The van der Waals surface area contributed by atoms with Crippen LogP contribution < -0.4 is 10.4 Å². The van der Waals surface area contributed by atoms with Crippen molar-refractivity contribution in [3.63, 3.8) is 0 Å². The van der Waals surface area contributed by atoms with Crippen LogP contribution in [0.5, 0.6) is 5.19 Å². The molecule has 86 valence electrons. The molecule has 0 amide bonds. The largest absolute Gasteiger partial charge is 0.473 e. The number of rotatable bonds is 2. The van der Waals surface area contributed by atoms with Crippen LogP contribution in [0.1, 0.15) is 0 Å². The molecule has 0 aliphatic rings. The molecule has 0 bridgehead atoms. The lowest BCUT2D eigenvalue weighted by atomic mass is 10.1. The normalized spacial score (nSPS) is 10.9. The number of nitrogens with zero attached hydrogens (tertiary/aromatic N) is 1. The Bertz CT molecular complexity index is 725. The Kier molecular flexibility index (Phi) is 2.22. The molecule has 0 unspecified atom stereocenters. The minimum Gasteiger partial charge on any atom is -0.473 e. The van der Waals surface area contributed by atoms with E-state index in [0.29, 0.717) is 5.19 Å². The second-order valence-electron chi connectivity index (χ2n) is 3.54. The zero-order valence-corrected chi connectivity index (χ0v) is 9.80. The van der Waals surface area contributed by atoms with Gasteiger partial charge < -0.3 is 14.7 Å². The van der Waals surface area contributed by atoms with Crippen LogP contribution in [0, 0.1) is 0 Å². The number of aromatic amines is 2. The summed E-state index contributed by atoms with van der Waals surface area (Å²) in [6.45, 7) is 0. The van der Waals surface area contributed by atoms with E-state index < -0.39 is 0 Å². The summed E-state index contributed by atoms with van der Waals surface area (Å²) in [6.07, 6.45) is 0. The van der Waals surface area contributed by atoms with Crippen molar-refractivity contribution >= 4 is 22.4 Å². The van der Waals surface area contributed by atoms with Crippen LogP contribution in [-0.4, -0.2) is 22.1 Å². The summed E-state index contributed by atoms with van der Waals surface area (Å²) >= 11 is 1.44. The first-order chi connectivity index (χ1) is 8.26. The fraction of sp³-hybridized carbons (Fsp3) is 0.0909. The molecule has 1 aromatic carbocycles. The molecule has 0 aliphatic carbocycles. The Morgan fingerprint density at radius 3 is 2.88 bits per heavy atom. The second-order valence-corrected chi connectivity index (χ2v) is 4.36. The van der Waals surface area contributed by atoms with Gasteiger partial charge in [0, 0.05) is 10.9 Å². The summed E-state index contributed by atoms with van der Waals surface area (Å²) in [5.41, 5.74) is 3.16. The van der Waals surface area contributed by atoms with Crippen molar-refractivity contribution < 1.29 is 4.74 Å². The van der Waals surface area contributed by atoms with E-state index in [-0.39, 0.29) is 5.69 Å². The van der Waals surface area contributed by atoms with E-state index in [2.05, 4.69) is 15.0 Å². The van der Waals surface area contributed by atoms with Gasteiger partial charge in [0.1, 0.15) is 0 Å². The highest BCUT2D eigenvalue weighted by molar-refractivity contribution is 7.11. The second kappa shape index (κ2) is 3.74. The maximum Gasteiger partial charge on any atom is 0.323 e. The van der Waals surface area contributed by atoms with Crippen LogP contribution in [-0.2, 0) is 0 Å². The predicted octanol–water partition coefficient (Wildman–Crippen LogP) is 1.99. The zero-order chi connectivity index (χ0) is 11.8. The molecule has 5 nitrogen and oxygen atoms in total. The number of hydrogen-bond acceptors (Lipinski definition) is 4. The molecule has 0 aliphatic heterocycles. The molecule has 6 heteroatoms. The Balaban J connectivity index is 2.13. The molecular weight excluding hydrogens is 238 g/mol. The van der Waals surface area contributed by atoms with E-state index in [4.69, 9.17) is 4.74 Å². The van der Waals surface area contributed by atoms with Crippen molar-refractivity contribution in [2.75, 3.05) is 7.11 Å². The first-order valence-corrected chi connectivity index (χ1v) is 5.86. The molecule has 0 atom stereocenters. The Hall–Kier alpha value is -2.08. The molecule has 0 saturated heterocycles. The molecular formula is C11H9N3O2S. The van der Waals surface area contributed by atoms with Crippen molar-refractivity contribution in [3.8, 4) is 16.5 Å². The van der Waals surface area contributed by atoms with Gasteiger partial charge in [0.2, 0.25) is 0 Å². The fourth-order valence-electron chi connectivity index (χ4n) is 1.68. The van der Waals surface area contributed by atoms with Gasteiger partial charge in [0.05, 0.1) is 23.8 Å². The van der Waals surface area contributed by atoms with Gasteiger partial charge in [-0.05, 0) is 12.1 Å². The number of benzene rings is 1. The van der Waals surface area contributed by atoms with Gasteiger partial charge in [-0.1, -0.05) is 17.4 Å². The number of nitrogens with one attached hydrogen (secondary N) is 2. The number of H-pyrrole nitrogens is 2. The van der Waals surface area contributed by atoms with E-state index >= 15 is 0 Å². The smallest absolute Gasteiger partial charge is 0.323 e. The number of fused-ring (bicyclic) bond motifs is 1.